The summed E-state index contributed by atoms with van der Waals surface area (Å²) in [5, 5.41) is 1.00. The molecule has 2 heterocycles. The summed E-state index contributed by atoms with van der Waals surface area (Å²) in [7, 11) is 0. The molecule has 0 N–H and O–H groups in total. The van der Waals surface area contributed by atoms with E-state index < -0.39 is 18.8 Å². The number of benzene rings is 1. The van der Waals surface area contributed by atoms with Crippen LogP contribution >= 0.6 is 0 Å². The highest BCUT2D eigenvalue weighted by Gasteiger charge is 2.33. The number of nitrogens with zero attached hydrogens (tertiary/aromatic N) is 2. The Bertz CT molecular complexity index is 631. The molecule has 0 spiro atoms. The van der Waals surface area contributed by atoms with E-state index in [4.69, 9.17) is 9.57 Å². The summed E-state index contributed by atoms with van der Waals surface area (Å²) in [6.07, 6.45) is -2.23. The van der Waals surface area contributed by atoms with Crippen LogP contribution in [0.15, 0.2) is 6.07 Å². The molecule has 132 valence electrons. The maximum absolute atomic E-state index is 15.0. The number of anilines is 1. The predicted molar refractivity (Wildman–Crippen MR) is 81.1 cm³/mol. The van der Waals surface area contributed by atoms with Crippen LogP contribution in [0, 0.1) is 5.82 Å². The van der Waals surface area contributed by atoms with Gasteiger partial charge in [0.15, 0.2) is 17.9 Å². The van der Waals surface area contributed by atoms with Crippen LogP contribution in [-0.4, -0.2) is 49.6 Å². The molecule has 0 saturated carbocycles. The Morgan fingerprint density at radius 3 is 2.58 bits per heavy atom. The third-order valence-electron chi connectivity index (χ3n) is 4.07. The molecule has 0 bridgehead atoms. The molecule has 1 aromatic rings. The molecule has 1 saturated heterocycles. The van der Waals surface area contributed by atoms with E-state index in [2.05, 4.69) is 0 Å². The fourth-order valence-electron chi connectivity index (χ4n) is 3.29. The van der Waals surface area contributed by atoms with E-state index in [-0.39, 0.29) is 35.8 Å². The van der Waals surface area contributed by atoms with Crippen LogP contribution in [-0.2, 0) is 11.3 Å². The predicted octanol–water partition coefficient (Wildman–Crippen LogP) is 2.63. The first-order chi connectivity index (χ1) is 11.4. The summed E-state index contributed by atoms with van der Waals surface area (Å²) in [6.45, 7) is 4.01. The molecular weight excluding hydrogens is 325 g/mol. The van der Waals surface area contributed by atoms with Gasteiger partial charge >= 0.3 is 0 Å². The number of rotatable bonds is 4. The third-order valence-corrected chi connectivity index (χ3v) is 4.07. The molecule has 5 nitrogen and oxygen atoms in total. The molecule has 0 amide bonds. The van der Waals surface area contributed by atoms with Crippen molar-refractivity contribution >= 4 is 12.0 Å². The van der Waals surface area contributed by atoms with Crippen molar-refractivity contribution in [2.45, 2.75) is 39.0 Å². The van der Waals surface area contributed by atoms with Crippen LogP contribution in [0.25, 0.3) is 0 Å². The number of carbonyl (C=O) groups excluding carboxylic acids is 1. The van der Waals surface area contributed by atoms with Crippen molar-refractivity contribution in [1.29, 1.82) is 0 Å². The van der Waals surface area contributed by atoms with Gasteiger partial charge in [-0.05, 0) is 19.9 Å². The normalized spacial score (nSPS) is 24.2. The highest BCUT2D eigenvalue weighted by atomic mass is 19.3. The van der Waals surface area contributed by atoms with Crippen LogP contribution in [0.4, 0.5) is 18.9 Å². The molecule has 1 aromatic carbocycles. The van der Waals surface area contributed by atoms with Gasteiger partial charge in [-0.3, -0.25) is 4.79 Å². The molecular formula is C16H19F3N2O3. The maximum atomic E-state index is 15.0. The van der Waals surface area contributed by atoms with E-state index in [1.165, 1.54) is 6.07 Å². The van der Waals surface area contributed by atoms with Crippen LogP contribution in [0.5, 0.6) is 5.75 Å². The fourth-order valence-corrected chi connectivity index (χ4v) is 3.29. The van der Waals surface area contributed by atoms with Crippen molar-refractivity contribution in [1.82, 2.24) is 5.06 Å². The fraction of sp³-hybridized carbons (Fsp3) is 0.562. The number of hydrogen-bond donors (Lipinski definition) is 0. The monoisotopic (exact) mass is 344 g/mol. The Morgan fingerprint density at radius 2 is 2.00 bits per heavy atom. The highest BCUT2D eigenvalue weighted by Crippen LogP contribution is 2.39. The third kappa shape index (κ3) is 3.21. The van der Waals surface area contributed by atoms with Crippen LogP contribution in [0.3, 0.4) is 0 Å². The summed E-state index contributed by atoms with van der Waals surface area (Å²) in [5.41, 5.74) is 0.730. The van der Waals surface area contributed by atoms with Gasteiger partial charge in [0.2, 0.25) is 0 Å². The zero-order valence-corrected chi connectivity index (χ0v) is 13.5. The number of carbonyl (C=O) groups is 1. The Labute approximate surface area is 137 Å². The number of hydroxylamine groups is 2. The van der Waals surface area contributed by atoms with E-state index in [0.29, 0.717) is 24.9 Å². The van der Waals surface area contributed by atoms with Gasteiger partial charge in [0.05, 0.1) is 31.0 Å². The van der Waals surface area contributed by atoms with Gasteiger partial charge in [0.1, 0.15) is 0 Å². The zero-order chi connectivity index (χ0) is 17.4. The minimum Gasteiger partial charge on any atom is -0.402 e. The van der Waals surface area contributed by atoms with E-state index in [1.807, 2.05) is 13.8 Å². The van der Waals surface area contributed by atoms with E-state index in [1.54, 1.807) is 4.90 Å². The number of morpholine rings is 1. The molecule has 2 aliphatic heterocycles. The Morgan fingerprint density at radius 1 is 1.33 bits per heavy atom. The lowest BCUT2D eigenvalue weighted by molar-refractivity contribution is -0.0810. The van der Waals surface area contributed by atoms with Crippen molar-refractivity contribution < 1.29 is 27.5 Å². The maximum Gasteiger partial charge on any atom is 0.254 e. The number of hydrogen-bond acceptors (Lipinski definition) is 5. The van der Waals surface area contributed by atoms with Gasteiger partial charge in [-0.25, -0.2) is 13.2 Å². The molecule has 8 heteroatoms. The minimum atomic E-state index is -2.59. The second-order valence-electron chi connectivity index (χ2n) is 6.20. The Balaban J connectivity index is 1.95. The van der Waals surface area contributed by atoms with Crippen molar-refractivity contribution in [2.24, 2.45) is 0 Å². The molecule has 1 fully saturated rings. The minimum absolute atomic E-state index is 0.0215. The molecule has 24 heavy (non-hydrogen) atoms. The van der Waals surface area contributed by atoms with Crippen LogP contribution < -0.4 is 9.74 Å². The Hall–Kier alpha value is -1.80. The molecule has 0 aliphatic carbocycles. The van der Waals surface area contributed by atoms with Gasteiger partial charge in [0, 0.05) is 24.2 Å². The second-order valence-corrected chi connectivity index (χ2v) is 6.20. The molecule has 2 aliphatic rings. The first kappa shape index (κ1) is 17.0. The molecule has 0 aromatic heterocycles. The number of aldehydes is 1. The van der Waals surface area contributed by atoms with Gasteiger partial charge in [-0.1, -0.05) is 0 Å². The van der Waals surface area contributed by atoms with Gasteiger partial charge in [-0.15, -0.1) is 5.06 Å². The summed E-state index contributed by atoms with van der Waals surface area (Å²) >= 11 is 0. The first-order valence-corrected chi connectivity index (χ1v) is 7.81. The van der Waals surface area contributed by atoms with Crippen LogP contribution in [0.1, 0.15) is 29.8 Å². The summed E-state index contributed by atoms with van der Waals surface area (Å²) < 4.78 is 45.7. The standard InChI is InChI=1S/C16H19F3N2O3/c1-9-4-20(5-10(2)23-9)15-12(8-22)3-11-6-21(7-13(17)18)24-16(11)14(15)19/h3,8-10,13H,4-7H2,1-2H3/t9-,10+. The van der Waals surface area contributed by atoms with Gasteiger partial charge in [-0.2, -0.15) is 0 Å². The van der Waals surface area contributed by atoms with Gasteiger partial charge in [0.25, 0.3) is 6.43 Å². The SMILES string of the molecule is C[C@@H]1CN(c2c(C=O)cc3c(c2F)ON(CC(F)F)C3)C[C@H](C)O1. The van der Waals surface area contributed by atoms with E-state index in [9.17, 15) is 18.0 Å². The topological polar surface area (TPSA) is 42.0 Å². The molecule has 3 rings (SSSR count). The lowest BCUT2D eigenvalue weighted by Gasteiger charge is -2.37. The number of halogens is 3. The van der Waals surface area contributed by atoms with Crippen LogP contribution in [0.2, 0.25) is 0 Å². The van der Waals surface area contributed by atoms with Crippen molar-refractivity contribution in [2.75, 3.05) is 24.5 Å². The highest BCUT2D eigenvalue weighted by molar-refractivity contribution is 5.86. The Kier molecular flexibility index (Phi) is 4.69. The second kappa shape index (κ2) is 6.60. The molecule has 0 radical (unpaired) electrons. The van der Waals surface area contributed by atoms with Gasteiger partial charge < -0.3 is 14.5 Å². The molecule has 0 unspecified atom stereocenters. The smallest absolute Gasteiger partial charge is 0.254 e. The lowest BCUT2D eigenvalue weighted by Crippen LogP contribution is -2.46. The average Bonchev–Trinajstić information content (AvgIpc) is 2.87. The lowest BCUT2D eigenvalue weighted by atomic mass is 10.0. The number of fused-ring (bicyclic) bond motifs is 1. The van der Waals surface area contributed by atoms with E-state index >= 15 is 0 Å². The summed E-state index contributed by atoms with van der Waals surface area (Å²) in [6, 6.07) is 1.51. The van der Waals surface area contributed by atoms with E-state index in [0.717, 1.165) is 5.06 Å². The first-order valence-electron chi connectivity index (χ1n) is 7.81. The quantitative estimate of drug-likeness (QED) is 0.786. The van der Waals surface area contributed by atoms with Crippen molar-refractivity contribution in [3.63, 3.8) is 0 Å². The number of ether oxygens (including phenoxy) is 1. The largest absolute Gasteiger partial charge is 0.402 e. The summed E-state index contributed by atoms with van der Waals surface area (Å²) in [4.78, 5) is 18.4. The number of alkyl halides is 2. The average molecular weight is 344 g/mol. The zero-order valence-electron chi connectivity index (χ0n) is 13.5. The summed E-state index contributed by atoms with van der Waals surface area (Å²) in [5.74, 6) is -0.768. The van der Waals surface area contributed by atoms with Crippen molar-refractivity contribution in [3.05, 3.63) is 23.0 Å². The molecule has 2 atom stereocenters. The van der Waals surface area contributed by atoms with Crippen molar-refractivity contribution in [3.8, 4) is 5.75 Å².